The van der Waals surface area contributed by atoms with Gasteiger partial charge in [0.25, 0.3) is 0 Å². The Morgan fingerprint density at radius 3 is 2.27 bits per heavy atom. The van der Waals surface area contributed by atoms with E-state index in [1.54, 1.807) is 0 Å². The summed E-state index contributed by atoms with van der Waals surface area (Å²) in [5.41, 5.74) is -0.294. The molecule has 0 unspecified atom stereocenters. The van der Waals surface area contributed by atoms with Crippen LogP contribution in [0.4, 0.5) is 13.2 Å². The predicted molar refractivity (Wildman–Crippen MR) is 49.7 cm³/mol. The van der Waals surface area contributed by atoms with Crippen molar-refractivity contribution >= 4 is 0 Å². The number of benzene rings is 1. The fourth-order valence-corrected chi connectivity index (χ4v) is 1.68. The quantitative estimate of drug-likeness (QED) is 0.762. The Morgan fingerprint density at radius 1 is 1.27 bits per heavy atom. The van der Waals surface area contributed by atoms with Gasteiger partial charge >= 0.3 is 6.18 Å². The summed E-state index contributed by atoms with van der Waals surface area (Å²) < 4.78 is 36.9. The molecule has 82 valence electrons. The lowest BCUT2D eigenvalue weighted by atomic mass is 9.96. The lowest BCUT2D eigenvalue weighted by molar-refractivity contribution is -0.137. The number of phenolic OH excluding ortho intramolecular Hbond substituents is 1. The van der Waals surface area contributed by atoms with E-state index < -0.39 is 11.7 Å². The lowest BCUT2D eigenvalue weighted by Crippen LogP contribution is -2.07. The zero-order chi connectivity index (χ0) is 11.3. The molecule has 1 saturated carbocycles. The normalized spacial score (nSPS) is 18.9. The fourth-order valence-electron chi connectivity index (χ4n) is 1.68. The van der Waals surface area contributed by atoms with Gasteiger partial charge in [-0.3, -0.25) is 0 Å². The van der Waals surface area contributed by atoms with Crippen LogP contribution in [0.1, 0.15) is 30.9 Å². The molecular formula is C11H11F3O. The topological polar surface area (TPSA) is 20.2 Å². The third-order valence-corrected chi connectivity index (χ3v) is 2.98. The minimum absolute atomic E-state index is 0.117. The van der Waals surface area contributed by atoms with E-state index in [4.69, 9.17) is 0 Å². The third kappa shape index (κ3) is 1.80. The first-order valence-electron chi connectivity index (χ1n) is 4.74. The second-order valence-electron chi connectivity index (χ2n) is 4.29. The molecule has 1 aliphatic carbocycles. The highest BCUT2D eigenvalue weighted by atomic mass is 19.4. The van der Waals surface area contributed by atoms with Gasteiger partial charge in [-0.15, -0.1) is 0 Å². The molecule has 2 rings (SSSR count). The molecule has 0 spiro atoms. The van der Waals surface area contributed by atoms with E-state index in [1.165, 1.54) is 6.07 Å². The SMILES string of the molecule is CC1(c2ccc(C(F)(F)F)cc2O)CC1. The number of phenols is 1. The standard InChI is InChI=1S/C11H11F3O/c1-10(4-5-10)8-3-2-7(6-9(8)15)11(12,13)14/h2-3,6,15H,4-5H2,1H3. The molecule has 1 aromatic carbocycles. The van der Waals surface area contributed by atoms with E-state index in [9.17, 15) is 18.3 Å². The molecule has 0 atom stereocenters. The monoisotopic (exact) mass is 216 g/mol. The molecule has 0 radical (unpaired) electrons. The summed E-state index contributed by atoms with van der Waals surface area (Å²) in [6.45, 7) is 1.94. The molecule has 1 nitrogen and oxygen atoms in total. The van der Waals surface area contributed by atoms with Gasteiger partial charge in [-0.05, 0) is 36.0 Å². The van der Waals surface area contributed by atoms with E-state index in [0.29, 0.717) is 5.56 Å². The van der Waals surface area contributed by atoms with Crippen molar-refractivity contribution in [2.45, 2.75) is 31.4 Å². The highest BCUT2D eigenvalue weighted by Gasteiger charge is 2.41. The van der Waals surface area contributed by atoms with Crippen molar-refractivity contribution in [1.29, 1.82) is 0 Å². The van der Waals surface area contributed by atoms with Crippen LogP contribution in [0.15, 0.2) is 18.2 Å². The van der Waals surface area contributed by atoms with Crippen molar-refractivity contribution < 1.29 is 18.3 Å². The van der Waals surface area contributed by atoms with Crippen molar-refractivity contribution in [3.63, 3.8) is 0 Å². The maximum absolute atomic E-state index is 12.3. The van der Waals surface area contributed by atoms with Gasteiger partial charge in [0.15, 0.2) is 0 Å². The summed E-state index contributed by atoms with van der Waals surface area (Å²) in [4.78, 5) is 0. The minimum atomic E-state index is -4.39. The maximum atomic E-state index is 12.3. The van der Waals surface area contributed by atoms with E-state index in [2.05, 4.69) is 0 Å². The molecule has 1 fully saturated rings. The van der Waals surface area contributed by atoms with Crippen LogP contribution in [0.2, 0.25) is 0 Å². The van der Waals surface area contributed by atoms with Crippen LogP contribution in [-0.2, 0) is 11.6 Å². The third-order valence-electron chi connectivity index (χ3n) is 2.98. The number of alkyl halides is 3. The average molecular weight is 216 g/mol. The molecule has 0 saturated heterocycles. The second kappa shape index (κ2) is 2.90. The van der Waals surface area contributed by atoms with Crippen LogP contribution in [0, 0.1) is 0 Å². The number of hydrogen-bond acceptors (Lipinski definition) is 1. The van der Waals surface area contributed by atoms with Crippen molar-refractivity contribution in [3.8, 4) is 5.75 Å². The number of hydrogen-bond donors (Lipinski definition) is 1. The van der Waals surface area contributed by atoms with Gasteiger partial charge in [0, 0.05) is 0 Å². The molecule has 1 aromatic rings. The van der Waals surface area contributed by atoms with Gasteiger partial charge in [-0.2, -0.15) is 13.2 Å². The van der Waals surface area contributed by atoms with Crippen molar-refractivity contribution in [1.82, 2.24) is 0 Å². The Labute approximate surface area is 85.5 Å². The predicted octanol–water partition coefficient (Wildman–Crippen LogP) is 3.46. The highest BCUT2D eigenvalue weighted by molar-refractivity contribution is 5.44. The first-order valence-corrected chi connectivity index (χ1v) is 4.74. The molecule has 0 bridgehead atoms. The summed E-state index contributed by atoms with van der Waals surface area (Å²) >= 11 is 0. The van der Waals surface area contributed by atoms with Gasteiger partial charge in [-0.1, -0.05) is 13.0 Å². The first-order chi connectivity index (χ1) is 6.83. The maximum Gasteiger partial charge on any atom is 0.416 e. The molecule has 0 aliphatic heterocycles. The molecule has 0 amide bonds. The van der Waals surface area contributed by atoms with Gasteiger partial charge in [0.2, 0.25) is 0 Å². The minimum Gasteiger partial charge on any atom is -0.508 e. The van der Waals surface area contributed by atoms with E-state index in [-0.39, 0.29) is 11.2 Å². The van der Waals surface area contributed by atoms with Gasteiger partial charge in [0.05, 0.1) is 5.56 Å². The summed E-state index contributed by atoms with van der Waals surface area (Å²) in [6, 6.07) is 3.21. The van der Waals surface area contributed by atoms with Crippen LogP contribution >= 0.6 is 0 Å². The highest BCUT2D eigenvalue weighted by Crippen LogP contribution is 2.51. The van der Waals surface area contributed by atoms with E-state index >= 15 is 0 Å². The molecule has 1 aliphatic rings. The van der Waals surface area contributed by atoms with Crippen LogP contribution in [0.3, 0.4) is 0 Å². The number of rotatable bonds is 1. The van der Waals surface area contributed by atoms with Crippen LogP contribution in [0.5, 0.6) is 5.75 Å². The summed E-state index contributed by atoms with van der Waals surface area (Å²) in [5.74, 6) is -0.246. The second-order valence-corrected chi connectivity index (χ2v) is 4.29. The van der Waals surface area contributed by atoms with Crippen molar-refractivity contribution in [2.24, 2.45) is 0 Å². The van der Waals surface area contributed by atoms with E-state index in [1.807, 2.05) is 6.92 Å². The summed E-state index contributed by atoms with van der Waals surface area (Å²) in [6.07, 6.45) is -2.54. The fraction of sp³-hybridized carbons (Fsp3) is 0.455. The van der Waals surface area contributed by atoms with Crippen LogP contribution in [0.25, 0.3) is 0 Å². The molecule has 1 N–H and O–H groups in total. The van der Waals surface area contributed by atoms with Crippen molar-refractivity contribution in [2.75, 3.05) is 0 Å². The number of aromatic hydroxyl groups is 1. The summed E-state index contributed by atoms with van der Waals surface area (Å²) in [5, 5.41) is 9.53. The lowest BCUT2D eigenvalue weighted by Gasteiger charge is -2.13. The first kappa shape index (κ1) is 10.3. The Bertz CT molecular complexity index is 391. The Kier molecular flexibility index (Phi) is 2.00. The Hall–Kier alpha value is -1.19. The molecular weight excluding hydrogens is 205 g/mol. The van der Waals surface area contributed by atoms with Crippen LogP contribution in [-0.4, -0.2) is 5.11 Å². The van der Waals surface area contributed by atoms with Gasteiger partial charge in [0.1, 0.15) is 5.75 Å². The zero-order valence-electron chi connectivity index (χ0n) is 8.23. The Balaban J connectivity index is 2.40. The smallest absolute Gasteiger partial charge is 0.416 e. The zero-order valence-corrected chi connectivity index (χ0v) is 8.23. The average Bonchev–Trinajstić information content (AvgIpc) is 2.82. The van der Waals surface area contributed by atoms with Crippen molar-refractivity contribution in [3.05, 3.63) is 29.3 Å². The summed E-state index contributed by atoms with van der Waals surface area (Å²) in [7, 11) is 0. The molecule has 0 aromatic heterocycles. The number of halogens is 3. The Morgan fingerprint density at radius 2 is 1.87 bits per heavy atom. The molecule has 0 heterocycles. The van der Waals surface area contributed by atoms with Crippen LogP contribution < -0.4 is 0 Å². The molecule has 15 heavy (non-hydrogen) atoms. The van der Waals surface area contributed by atoms with Gasteiger partial charge < -0.3 is 5.11 Å². The van der Waals surface area contributed by atoms with Gasteiger partial charge in [-0.25, -0.2) is 0 Å². The van der Waals surface area contributed by atoms with E-state index in [0.717, 1.165) is 25.0 Å². The molecule has 4 heteroatoms. The largest absolute Gasteiger partial charge is 0.508 e.